The Balaban J connectivity index is 2.37. The number of amides is 1. The number of para-hydroxylation sites is 1. The summed E-state index contributed by atoms with van der Waals surface area (Å²) in [7, 11) is 0. The first-order chi connectivity index (χ1) is 9.60. The SMILES string of the molecule is CCCCC(CC)C1C(=O)Nc2c1cccc2[N+](=O)[O-]. The van der Waals surface area contributed by atoms with Crippen LogP contribution in [-0.2, 0) is 4.79 Å². The van der Waals surface area contributed by atoms with E-state index in [0.29, 0.717) is 5.69 Å². The van der Waals surface area contributed by atoms with Gasteiger partial charge in [-0.15, -0.1) is 0 Å². The Hall–Kier alpha value is -1.91. The third-order valence-electron chi connectivity index (χ3n) is 4.06. The summed E-state index contributed by atoms with van der Waals surface area (Å²) in [6, 6.07) is 4.94. The van der Waals surface area contributed by atoms with Gasteiger partial charge in [-0.1, -0.05) is 45.2 Å². The predicted octanol–water partition coefficient (Wildman–Crippen LogP) is 3.85. The topological polar surface area (TPSA) is 72.2 Å². The molecule has 0 saturated carbocycles. The van der Waals surface area contributed by atoms with E-state index >= 15 is 0 Å². The van der Waals surface area contributed by atoms with Crippen LogP contribution in [0.1, 0.15) is 51.0 Å². The molecule has 0 fully saturated rings. The summed E-state index contributed by atoms with van der Waals surface area (Å²) in [4.78, 5) is 22.8. The van der Waals surface area contributed by atoms with Crippen molar-refractivity contribution < 1.29 is 9.72 Å². The maximum atomic E-state index is 12.2. The minimum absolute atomic E-state index is 0.0105. The van der Waals surface area contributed by atoms with E-state index in [0.717, 1.165) is 31.2 Å². The number of rotatable bonds is 6. The molecule has 1 N–H and O–H groups in total. The van der Waals surface area contributed by atoms with Crippen molar-refractivity contribution in [1.29, 1.82) is 0 Å². The smallest absolute Gasteiger partial charge is 0.293 e. The van der Waals surface area contributed by atoms with E-state index in [1.165, 1.54) is 6.07 Å². The lowest BCUT2D eigenvalue weighted by molar-refractivity contribution is -0.383. The quantitative estimate of drug-likeness (QED) is 0.633. The lowest BCUT2D eigenvalue weighted by Crippen LogP contribution is -2.20. The Morgan fingerprint density at radius 3 is 2.75 bits per heavy atom. The van der Waals surface area contributed by atoms with Gasteiger partial charge in [0.05, 0.1) is 10.8 Å². The van der Waals surface area contributed by atoms with Crippen LogP contribution in [0.4, 0.5) is 11.4 Å². The summed E-state index contributed by atoms with van der Waals surface area (Å²) in [6.07, 6.45) is 4.05. The van der Waals surface area contributed by atoms with Crippen LogP contribution in [0.5, 0.6) is 0 Å². The van der Waals surface area contributed by atoms with Crippen LogP contribution < -0.4 is 5.32 Å². The minimum atomic E-state index is -0.436. The Morgan fingerprint density at radius 2 is 2.15 bits per heavy atom. The van der Waals surface area contributed by atoms with Crippen molar-refractivity contribution in [3.63, 3.8) is 0 Å². The molecule has 0 aliphatic carbocycles. The summed E-state index contributed by atoms with van der Waals surface area (Å²) in [5.41, 5.74) is 1.17. The maximum absolute atomic E-state index is 12.2. The van der Waals surface area contributed by atoms with Crippen molar-refractivity contribution in [3.05, 3.63) is 33.9 Å². The number of carbonyl (C=O) groups excluding carboxylic acids is 1. The van der Waals surface area contributed by atoms with Crippen LogP contribution in [0.2, 0.25) is 0 Å². The van der Waals surface area contributed by atoms with Crippen molar-refractivity contribution in [2.24, 2.45) is 5.92 Å². The number of carbonyl (C=O) groups is 1. The van der Waals surface area contributed by atoms with Gasteiger partial charge in [0.2, 0.25) is 5.91 Å². The highest BCUT2D eigenvalue weighted by molar-refractivity contribution is 6.05. The molecule has 0 radical (unpaired) electrons. The number of fused-ring (bicyclic) bond motifs is 1. The van der Waals surface area contributed by atoms with Gasteiger partial charge < -0.3 is 5.32 Å². The van der Waals surface area contributed by atoms with Crippen molar-refractivity contribution in [2.45, 2.75) is 45.4 Å². The highest BCUT2D eigenvalue weighted by Crippen LogP contribution is 2.44. The van der Waals surface area contributed by atoms with Crippen molar-refractivity contribution in [2.75, 3.05) is 5.32 Å². The number of nitrogens with one attached hydrogen (secondary N) is 1. The lowest BCUT2D eigenvalue weighted by Gasteiger charge is -2.20. The summed E-state index contributed by atoms with van der Waals surface area (Å²) < 4.78 is 0. The summed E-state index contributed by atoms with van der Waals surface area (Å²) in [5.74, 6) is -0.100. The van der Waals surface area contributed by atoms with Gasteiger partial charge in [0.15, 0.2) is 0 Å². The van der Waals surface area contributed by atoms with Gasteiger partial charge in [-0.05, 0) is 17.9 Å². The second-order valence-corrected chi connectivity index (χ2v) is 5.28. The predicted molar refractivity (Wildman–Crippen MR) is 77.8 cm³/mol. The van der Waals surface area contributed by atoms with Crippen LogP contribution in [-0.4, -0.2) is 10.8 Å². The normalized spacial score (nSPS) is 18.5. The van der Waals surface area contributed by atoms with E-state index in [2.05, 4.69) is 19.2 Å². The fraction of sp³-hybridized carbons (Fsp3) is 0.533. The van der Waals surface area contributed by atoms with Gasteiger partial charge in [0, 0.05) is 6.07 Å². The van der Waals surface area contributed by atoms with Gasteiger partial charge in [-0.25, -0.2) is 0 Å². The molecule has 1 heterocycles. The van der Waals surface area contributed by atoms with E-state index in [1.54, 1.807) is 6.07 Å². The summed E-state index contributed by atoms with van der Waals surface area (Å²) >= 11 is 0. The Labute approximate surface area is 118 Å². The highest BCUT2D eigenvalue weighted by atomic mass is 16.6. The molecule has 0 bridgehead atoms. The minimum Gasteiger partial charge on any atom is -0.320 e. The zero-order valence-electron chi connectivity index (χ0n) is 11.9. The zero-order chi connectivity index (χ0) is 14.7. The fourth-order valence-corrected chi connectivity index (χ4v) is 2.99. The molecule has 1 aliphatic rings. The molecule has 2 unspecified atom stereocenters. The van der Waals surface area contributed by atoms with Crippen LogP contribution in [0.15, 0.2) is 18.2 Å². The Kier molecular flexibility index (Phi) is 4.37. The van der Waals surface area contributed by atoms with Crippen LogP contribution in [0.3, 0.4) is 0 Å². The van der Waals surface area contributed by atoms with Crippen molar-refractivity contribution in [1.82, 2.24) is 0 Å². The average molecular weight is 276 g/mol. The molecule has 1 aliphatic heterocycles. The van der Waals surface area contributed by atoms with Gasteiger partial charge in [0.1, 0.15) is 5.69 Å². The lowest BCUT2D eigenvalue weighted by atomic mass is 9.82. The van der Waals surface area contributed by atoms with Crippen molar-refractivity contribution in [3.8, 4) is 0 Å². The molecule has 5 heteroatoms. The number of anilines is 1. The number of nitro groups is 1. The standard InChI is InChI=1S/C15H20N2O3/c1-3-5-7-10(4-2)13-11-8-6-9-12(17(19)20)14(11)16-15(13)18/h6,8-10,13H,3-5,7H2,1-2H3,(H,16,18). The zero-order valence-corrected chi connectivity index (χ0v) is 11.9. The number of nitro benzene ring substituents is 1. The number of hydrogen-bond donors (Lipinski definition) is 1. The molecule has 0 saturated heterocycles. The second kappa shape index (κ2) is 6.03. The number of benzene rings is 1. The molecular weight excluding hydrogens is 256 g/mol. The van der Waals surface area contributed by atoms with Gasteiger partial charge in [-0.2, -0.15) is 0 Å². The molecule has 0 spiro atoms. The third-order valence-corrected chi connectivity index (χ3v) is 4.06. The van der Waals surface area contributed by atoms with Crippen LogP contribution in [0.25, 0.3) is 0 Å². The monoisotopic (exact) mass is 276 g/mol. The molecule has 5 nitrogen and oxygen atoms in total. The molecular formula is C15H20N2O3. The summed E-state index contributed by atoms with van der Waals surface area (Å²) in [5, 5.41) is 13.7. The molecule has 0 aromatic heterocycles. The van der Waals surface area contributed by atoms with E-state index in [1.807, 2.05) is 6.07 Å². The first-order valence-electron chi connectivity index (χ1n) is 7.18. The average Bonchev–Trinajstić information content (AvgIpc) is 2.76. The number of hydrogen-bond acceptors (Lipinski definition) is 3. The largest absolute Gasteiger partial charge is 0.320 e. The molecule has 1 aromatic rings. The number of nitrogens with zero attached hydrogens (tertiary/aromatic N) is 1. The molecule has 1 amide bonds. The van der Waals surface area contributed by atoms with Crippen LogP contribution >= 0.6 is 0 Å². The Bertz CT molecular complexity index is 528. The number of unbranched alkanes of at least 4 members (excludes halogenated alkanes) is 1. The van der Waals surface area contributed by atoms with E-state index in [9.17, 15) is 14.9 Å². The third kappa shape index (κ3) is 2.53. The fourth-order valence-electron chi connectivity index (χ4n) is 2.99. The van der Waals surface area contributed by atoms with E-state index in [4.69, 9.17) is 0 Å². The van der Waals surface area contributed by atoms with Crippen LogP contribution in [0, 0.1) is 16.0 Å². The molecule has 2 rings (SSSR count). The van der Waals surface area contributed by atoms with E-state index < -0.39 is 4.92 Å². The second-order valence-electron chi connectivity index (χ2n) is 5.28. The first-order valence-corrected chi connectivity index (χ1v) is 7.18. The van der Waals surface area contributed by atoms with Gasteiger partial charge >= 0.3 is 0 Å². The molecule has 108 valence electrons. The van der Waals surface area contributed by atoms with Crippen molar-refractivity contribution >= 4 is 17.3 Å². The molecule has 1 aromatic carbocycles. The molecule has 2 atom stereocenters. The van der Waals surface area contributed by atoms with Gasteiger partial charge in [0.25, 0.3) is 5.69 Å². The maximum Gasteiger partial charge on any atom is 0.293 e. The van der Waals surface area contributed by atoms with E-state index in [-0.39, 0.29) is 23.4 Å². The Morgan fingerprint density at radius 1 is 1.40 bits per heavy atom. The summed E-state index contributed by atoms with van der Waals surface area (Å²) in [6.45, 7) is 4.20. The highest BCUT2D eigenvalue weighted by Gasteiger charge is 2.39. The first kappa shape index (κ1) is 14.5. The van der Waals surface area contributed by atoms with Gasteiger partial charge in [-0.3, -0.25) is 14.9 Å². The molecule has 20 heavy (non-hydrogen) atoms.